The molecule has 3 nitrogen and oxygen atoms in total. The van der Waals surface area contributed by atoms with E-state index in [-0.39, 0.29) is 0 Å². The van der Waals surface area contributed by atoms with Crippen LogP contribution >= 0.6 is 45.2 Å². The van der Waals surface area contributed by atoms with Gasteiger partial charge in [0.2, 0.25) is 0 Å². The fourth-order valence-electron chi connectivity index (χ4n) is 1.35. The van der Waals surface area contributed by atoms with Crippen LogP contribution in [0.25, 0.3) is 5.52 Å². The first-order valence-electron chi connectivity index (χ1n) is 3.77. The largest absolute Gasteiger partial charge is 0.291 e. The molecule has 0 bridgehead atoms. The molecule has 2 heterocycles. The van der Waals surface area contributed by atoms with Gasteiger partial charge in [-0.15, -0.1) is 0 Å². The van der Waals surface area contributed by atoms with E-state index in [0.717, 1.165) is 24.4 Å². The van der Waals surface area contributed by atoms with E-state index in [1.165, 1.54) is 0 Å². The third-order valence-corrected chi connectivity index (χ3v) is 3.34. The van der Waals surface area contributed by atoms with Crippen molar-refractivity contribution in [1.82, 2.24) is 14.4 Å². The van der Waals surface area contributed by atoms with E-state index in [4.69, 9.17) is 0 Å². The Hall–Kier alpha value is 0.0800. The molecule has 68 valence electrons. The highest BCUT2D eigenvalue weighted by Crippen LogP contribution is 2.19. The van der Waals surface area contributed by atoms with Crippen molar-refractivity contribution in [2.24, 2.45) is 0 Å². The predicted molar refractivity (Wildman–Crippen MR) is 67.9 cm³/mol. The lowest BCUT2D eigenvalue weighted by molar-refractivity contribution is 1.01. The molecule has 0 spiro atoms. The van der Waals surface area contributed by atoms with Crippen LogP contribution in [0.2, 0.25) is 0 Å². The van der Waals surface area contributed by atoms with Gasteiger partial charge in [-0.1, -0.05) is 0 Å². The maximum atomic E-state index is 4.41. The molecule has 0 atom stereocenters. The van der Waals surface area contributed by atoms with E-state index in [2.05, 4.69) is 59.6 Å². The fraction of sp³-hybridized carbons (Fsp3) is 0.250. The average Bonchev–Trinajstić information content (AvgIpc) is 2.27. The zero-order valence-electron chi connectivity index (χ0n) is 7.17. The van der Waals surface area contributed by atoms with Crippen LogP contribution in [0, 0.1) is 21.4 Å². The summed E-state index contributed by atoms with van der Waals surface area (Å²) in [6, 6.07) is 0. The molecule has 0 aromatic carbocycles. The number of fused-ring (bicyclic) bond motifs is 1. The molecule has 0 N–H and O–H groups in total. The Morgan fingerprint density at radius 1 is 1.23 bits per heavy atom. The third kappa shape index (κ3) is 1.56. The van der Waals surface area contributed by atoms with Crippen molar-refractivity contribution in [3.8, 4) is 0 Å². The topological polar surface area (TPSA) is 30.2 Å². The molecule has 0 radical (unpaired) electrons. The summed E-state index contributed by atoms with van der Waals surface area (Å²) in [7, 11) is 0. The Morgan fingerprint density at radius 2 is 1.92 bits per heavy atom. The summed E-state index contributed by atoms with van der Waals surface area (Å²) < 4.78 is 4.10. The highest BCUT2D eigenvalue weighted by atomic mass is 127. The number of aromatic nitrogens is 3. The number of halogens is 2. The van der Waals surface area contributed by atoms with Crippen molar-refractivity contribution >= 4 is 50.7 Å². The maximum Gasteiger partial charge on any atom is 0.177 e. The van der Waals surface area contributed by atoms with Crippen molar-refractivity contribution in [2.75, 3.05) is 0 Å². The predicted octanol–water partition coefficient (Wildman–Crippen LogP) is 2.56. The summed E-state index contributed by atoms with van der Waals surface area (Å²) in [5.41, 5.74) is 3.19. The number of imidazole rings is 1. The minimum absolute atomic E-state index is 0.991. The lowest BCUT2D eigenvalue weighted by Gasteiger charge is -2.00. The molecule has 0 unspecified atom stereocenters. The second kappa shape index (κ2) is 3.34. The third-order valence-electron chi connectivity index (χ3n) is 1.83. The van der Waals surface area contributed by atoms with Crippen LogP contribution in [-0.2, 0) is 0 Å². The molecule has 13 heavy (non-hydrogen) atoms. The van der Waals surface area contributed by atoms with Gasteiger partial charge in [0, 0.05) is 28.8 Å². The van der Waals surface area contributed by atoms with Gasteiger partial charge in [-0.05, 0) is 36.4 Å². The van der Waals surface area contributed by atoms with Crippen LogP contribution in [0.5, 0.6) is 0 Å². The van der Waals surface area contributed by atoms with Gasteiger partial charge >= 0.3 is 0 Å². The Bertz CT molecular complexity index is 476. The standard InChI is InChI=1S/C8H7I2N3/c1-4-3-13-6(5(2)11-4)7(9)12-8(13)10/h3H,1-2H3. The first-order valence-corrected chi connectivity index (χ1v) is 5.92. The fourth-order valence-corrected chi connectivity index (χ4v) is 3.32. The van der Waals surface area contributed by atoms with Crippen LogP contribution in [0.4, 0.5) is 0 Å². The first kappa shape index (κ1) is 9.63. The quantitative estimate of drug-likeness (QED) is 0.638. The minimum atomic E-state index is 0.991. The van der Waals surface area contributed by atoms with Crippen molar-refractivity contribution in [2.45, 2.75) is 13.8 Å². The summed E-state index contributed by atoms with van der Waals surface area (Å²) in [6.07, 6.45) is 2.01. The molecular weight excluding hydrogens is 392 g/mol. The van der Waals surface area contributed by atoms with Gasteiger partial charge in [-0.3, -0.25) is 9.38 Å². The SMILES string of the molecule is Cc1cn2c(I)nc(I)c2c(C)n1. The van der Waals surface area contributed by atoms with E-state index >= 15 is 0 Å². The first-order chi connectivity index (χ1) is 6.09. The molecule has 0 amide bonds. The zero-order chi connectivity index (χ0) is 9.59. The molecule has 2 aromatic heterocycles. The van der Waals surface area contributed by atoms with E-state index in [9.17, 15) is 0 Å². The lowest BCUT2D eigenvalue weighted by atomic mass is 10.4. The van der Waals surface area contributed by atoms with Gasteiger partial charge in [0.1, 0.15) is 9.22 Å². The molecule has 0 saturated heterocycles. The van der Waals surface area contributed by atoms with Crippen LogP contribution in [0.3, 0.4) is 0 Å². The summed E-state index contributed by atoms with van der Waals surface area (Å²) in [5, 5.41) is 0. The highest BCUT2D eigenvalue weighted by molar-refractivity contribution is 14.1. The van der Waals surface area contributed by atoms with Gasteiger partial charge in [0.05, 0.1) is 11.4 Å². The molecule has 0 fully saturated rings. The molecule has 0 aliphatic heterocycles. The second-order valence-electron chi connectivity index (χ2n) is 2.86. The second-order valence-corrected chi connectivity index (χ2v) is 4.84. The van der Waals surface area contributed by atoms with Gasteiger partial charge in [0.15, 0.2) is 3.83 Å². The molecule has 0 saturated carbocycles. The Balaban J connectivity index is 2.97. The van der Waals surface area contributed by atoms with Crippen LogP contribution in [0.15, 0.2) is 6.20 Å². The van der Waals surface area contributed by atoms with Gasteiger partial charge < -0.3 is 0 Å². The van der Waals surface area contributed by atoms with Gasteiger partial charge in [-0.25, -0.2) is 4.98 Å². The summed E-state index contributed by atoms with van der Waals surface area (Å²) in [5.74, 6) is 0. The zero-order valence-corrected chi connectivity index (χ0v) is 11.5. The van der Waals surface area contributed by atoms with E-state index in [0.29, 0.717) is 0 Å². The van der Waals surface area contributed by atoms with Gasteiger partial charge in [-0.2, -0.15) is 0 Å². The normalized spacial score (nSPS) is 11.1. The summed E-state index contributed by atoms with van der Waals surface area (Å²) in [4.78, 5) is 8.80. The van der Waals surface area contributed by atoms with Crippen molar-refractivity contribution in [3.63, 3.8) is 0 Å². The molecule has 0 aliphatic carbocycles. The number of nitrogens with zero attached hydrogens (tertiary/aromatic N) is 3. The smallest absolute Gasteiger partial charge is 0.177 e. The van der Waals surface area contributed by atoms with Crippen LogP contribution in [0.1, 0.15) is 11.4 Å². The molecule has 5 heteroatoms. The molecule has 2 aromatic rings. The minimum Gasteiger partial charge on any atom is -0.291 e. The molecule has 2 rings (SSSR count). The number of rotatable bonds is 0. The number of hydrogen-bond donors (Lipinski definition) is 0. The Morgan fingerprint density at radius 3 is 2.62 bits per heavy atom. The average molecular weight is 399 g/mol. The monoisotopic (exact) mass is 399 g/mol. The summed E-state index contributed by atoms with van der Waals surface area (Å²) >= 11 is 4.47. The van der Waals surface area contributed by atoms with Crippen molar-refractivity contribution < 1.29 is 0 Å². The molecular formula is C8H7I2N3. The summed E-state index contributed by atoms with van der Waals surface area (Å²) in [6.45, 7) is 4.01. The van der Waals surface area contributed by atoms with Crippen molar-refractivity contribution in [1.29, 1.82) is 0 Å². The van der Waals surface area contributed by atoms with Crippen molar-refractivity contribution in [3.05, 3.63) is 25.1 Å². The van der Waals surface area contributed by atoms with E-state index < -0.39 is 0 Å². The Labute approximate surface area is 103 Å². The number of aryl methyl sites for hydroxylation is 2. The Kier molecular flexibility index (Phi) is 2.47. The highest BCUT2D eigenvalue weighted by Gasteiger charge is 2.09. The van der Waals surface area contributed by atoms with E-state index in [1.807, 2.05) is 20.0 Å². The number of hydrogen-bond acceptors (Lipinski definition) is 2. The van der Waals surface area contributed by atoms with Gasteiger partial charge in [0.25, 0.3) is 0 Å². The lowest BCUT2D eigenvalue weighted by Crippen LogP contribution is -1.95. The van der Waals surface area contributed by atoms with E-state index in [1.54, 1.807) is 0 Å². The van der Waals surface area contributed by atoms with Crippen LogP contribution < -0.4 is 0 Å². The maximum absolute atomic E-state index is 4.41. The van der Waals surface area contributed by atoms with Crippen LogP contribution in [-0.4, -0.2) is 14.4 Å². The molecule has 0 aliphatic rings.